The van der Waals surface area contributed by atoms with Crippen LogP contribution >= 0.6 is 11.6 Å². The van der Waals surface area contributed by atoms with E-state index < -0.39 is 0 Å². The summed E-state index contributed by atoms with van der Waals surface area (Å²) in [6.07, 6.45) is 6.33. The van der Waals surface area contributed by atoms with E-state index in [1.807, 2.05) is 6.07 Å². The van der Waals surface area contributed by atoms with Gasteiger partial charge in [-0.15, -0.1) is 0 Å². The van der Waals surface area contributed by atoms with Crippen molar-refractivity contribution >= 4 is 11.6 Å². The van der Waals surface area contributed by atoms with Crippen molar-refractivity contribution < 1.29 is 0 Å². The van der Waals surface area contributed by atoms with Crippen LogP contribution in [0.25, 0.3) is 0 Å². The van der Waals surface area contributed by atoms with Crippen LogP contribution in [0.2, 0.25) is 5.02 Å². The summed E-state index contributed by atoms with van der Waals surface area (Å²) in [5.41, 5.74) is 2.67. The van der Waals surface area contributed by atoms with E-state index in [0.29, 0.717) is 0 Å². The Bertz CT molecular complexity index is 345. The molecule has 0 unspecified atom stereocenters. The number of aryl methyl sites for hydroxylation is 1. The lowest BCUT2D eigenvalue weighted by Crippen LogP contribution is -2.15. The van der Waals surface area contributed by atoms with Gasteiger partial charge in [-0.2, -0.15) is 0 Å². The average Bonchev–Trinajstić information content (AvgIpc) is 3.10. The van der Waals surface area contributed by atoms with E-state index in [4.69, 9.17) is 11.6 Å². The zero-order valence-electron chi connectivity index (χ0n) is 9.93. The van der Waals surface area contributed by atoms with Crippen LogP contribution in [0, 0.1) is 0 Å². The second-order valence-corrected chi connectivity index (χ2v) is 5.09. The molecular formula is C14H20ClN. The first-order chi connectivity index (χ1) is 7.79. The lowest BCUT2D eigenvalue weighted by molar-refractivity contribution is 0.686. The highest BCUT2D eigenvalue weighted by molar-refractivity contribution is 6.31. The van der Waals surface area contributed by atoms with E-state index in [-0.39, 0.29) is 0 Å². The van der Waals surface area contributed by atoms with Crippen molar-refractivity contribution in [2.45, 2.75) is 51.6 Å². The van der Waals surface area contributed by atoms with Crippen LogP contribution in [0.4, 0.5) is 0 Å². The Morgan fingerprint density at radius 2 is 2.19 bits per heavy atom. The van der Waals surface area contributed by atoms with Crippen molar-refractivity contribution in [3.63, 3.8) is 0 Å². The topological polar surface area (TPSA) is 12.0 Å². The predicted molar refractivity (Wildman–Crippen MR) is 69.9 cm³/mol. The molecule has 1 fully saturated rings. The molecular weight excluding hydrogens is 218 g/mol. The maximum Gasteiger partial charge on any atom is 0.0451 e. The van der Waals surface area contributed by atoms with Crippen LogP contribution in [0.1, 0.15) is 43.7 Å². The van der Waals surface area contributed by atoms with Crippen LogP contribution in [0.3, 0.4) is 0 Å². The lowest BCUT2D eigenvalue weighted by Gasteiger charge is -2.08. The van der Waals surface area contributed by atoms with Gasteiger partial charge in [0.2, 0.25) is 0 Å². The highest BCUT2D eigenvalue weighted by Gasteiger charge is 2.20. The fourth-order valence-electron chi connectivity index (χ4n) is 1.84. The molecule has 2 rings (SSSR count). The van der Waals surface area contributed by atoms with Crippen LogP contribution < -0.4 is 5.32 Å². The molecule has 0 spiro atoms. The minimum Gasteiger partial charge on any atom is -0.310 e. The number of unbranched alkanes of at least 4 members (excludes halogenated alkanes) is 1. The summed E-state index contributed by atoms with van der Waals surface area (Å²) >= 11 is 6.19. The third-order valence-electron chi connectivity index (χ3n) is 3.09. The van der Waals surface area contributed by atoms with Crippen molar-refractivity contribution in [2.24, 2.45) is 0 Å². The summed E-state index contributed by atoms with van der Waals surface area (Å²) in [7, 11) is 0. The van der Waals surface area contributed by atoms with Gasteiger partial charge in [0.15, 0.2) is 0 Å². The second-order valence-electron chi connectivity index (χ2n) is 4.68. The molecule has 0 radical (unpaired) electrons. The number of hydrogen-bond donors (Lipinski definition) is 1. The third-order valence-corrected chi connectivity index (χ3v) is 3.46. The molecule has 0 amide bonds. The first-order valence-corrected chi connectivity index (χ1v) is 6.68. The zero-order chi connectivity index (χ0) is 11.4. The molecule has 1 nitrogen and oxygen atoms in total. The highest BCUT2D eigenvalue weighted by atomic mass is 35.5. The smallest absolute Gasteiger partial charge is 0.0451 e. The van der Waals surface area contributed by atoms with Gasteiger partial charge in [-0.1, -0.05) is 37.1 Å². The Morgan fingerprint density at radius 1 is 1.38 bits per heavy atom. The number of rotatable bonds is 6. The normalized spacial score (nSPS) is 15.4. The van der Waals surface area contributed by atoms with Gasteiger partial charge < -0.3 is 5.32 Å². The van der Waals surface area contributed by atoms with Crippen molar-refractivity contribution in [2.75, 3.05) is 0 Å². The second kappa shape index (κ2) is 5.70. The van der Waals surface area contributed by atoms with Gasteiger partial charge in [0.05, 0.1) is 0 Å². The Hall–Kier alpha value is -0.530. The molecule has 88 valence electrons. The Labute approximate surface area is 103 Å². The highest BCUT2D eigenvalue weighted by Crippen LogP contribution is 2.22. The lowest BCUT2D eigenvalue weighted by atomic mass is 10.1. The quantitative estimate of drug-likeness (QED) is 0.791. The molecule has 0 saturated heterocycles. The van der Waals surface area contributed by atoms with Crippen LogP contribution in [-0.4, -0.2) is 6.04 Å². The van der Waals surface area contributed by atoms with E-state index in [2.05, 4.69) is 24.4 Å². The minimum absolute atomic E-state index is 0.746. The van der Waals surface area contributed by atoms with Crippen LogP contribution in [-0.2, 0) is 13.0 Å². The molecule has 1 aliphatic rings. The molecule has 1 saturated carbocycles. The molecule has 0 atom stereocenters. The first-order valence-electron chi connectivity index (χ1n) is 6.30. The third kappa shape index (κ3) is 3.50. The number of hydrogen-bond acceptors (Lipinski definition) is 1. The van der Waals surface area contributed by atoms with E-state index >= 15 is 0 Å². The van der Waals surface area contributed by atoms with E-state index in [0.717, 1.165) is 17.6 Å². The van der Waals surface area contributed by atoms with Gasteiger partial charge in [-0.3, -0.25) is 0 Å². The number of halogens is 1. The van der Waals surface area contributed by atoms with Crippen molar-refractivity contribution in [3.8, 4) is 0 Å². The average molecular weight is 238 g/mol. The fourth-order valence-corrected chi connectivity index (χ4v) is 2.03. The van der Waals surface area contributed by atoms with Gasteiger partial charge in [0.1, 0.15) is 0 Å². The molecule has 0 aliphatic heterocycles. The van der Waals surface area contributed by atoms with Crippen LogP contribution in [0.5, 0.6) is 0 Å². The van der Waals surface area contributed by atoms with Gasteiger partial charge in [0.25, 0.3) is 0 Å². The largest absolute Gasteiger partial charge is 0.310 e. The summed E-state index contributed by atoms with van der Waals surface area (Å²) in [5, 5.41) is 4.41. The number of nitrogens with one attached hydrogen (secondary N) is 1. The van der Waals surface area contributed by atoms with Crippen LogP contribution in [0.15, 0.2) is 18.2 Å². The van der Waals surface area contributed by atoms with E-state index in [9.17, 15) is 0 Å². The Balaban J connectivity index is 1.96. The summed E-state index contributed by atoms with van der Waals surface area (Å²) in [6.45, 7) is 3.15. The van der Waals surface area contributed by atoms with Gasteiger partial charge >= 0.3 is 0 Å². The zero-order valence-corrected chi connectivity index (χ0v) is 10.7. The van der Waals surface area contributed by atoms with Gasteiger partial charge in [0, 0.05) is 17.6 Å². The molecule has 2 heteroatoms. The standard InChI is InChI=1S/C14H20ClN/c1-2-3-4-11-5-8-14(15)12(9-11)10-16-13-6-7-13/h5,8-9,13,16H,2-4,6-7,10H2,1H3. The SMILES string of the molecule is CCCCc1ccc(Cl)c(CNC2CC2)c1. The maximum absolute atomic E-state index is 6.19. The number of benzene rings is 1. The monoisotopic (exact) mass is 237 g/mol. The molecule has 0 bridgehead atoms. The molecule has 0 aromatic heterocycles. The summed E-state index contributed by atoms with van der Waals surface area (Å²) in [6, 6.07) is 7.19. The first kappa shape index (κ1) is 11.9. The van der Waals surface area contributed by atoms with Gasteiger partial charge in [-0.25, -0.2) is 0 Å². The Morgan fingerprint density at radius 3 is 2.88 bits per heavy atom. The van der Waals surface area contributed by atoms with Crippen molar-refractivity contribution in [3.05, 3.63) is 34.3 Å². The van der Waals surface area contributed by atoms with E-state index in [1.165, 1.54) is 43.2 Å². The molecule has 1 aromatic carbocycles. The van der Waals surface area contributed by atoms with Crippen molar-refractivity contribution in [1.29, 1.82) is 0 Å². The fraction of sp³-hybridized carbons (Fsp3) is 0.571. The molecule has 0 heterocycles. The summed E-state index contributed by atoms with van der Waals surface area (Å²) < 4.78 is 0. The summed E-state index contributed by atoms with van der Waals surface area (Å²) in [5.74, 6) is 0. The maximum atomic E-state index is 6.19. The van der Waals surface area contributed by atoms with E-state index in [1.54, 1.807) is 0 Å². The molecule has 1 aromatic rings. The predicted octanol–water partition coefficient (Wildman–Crippen LogP) is 3.93. The molecule has 16 heavy (non-hydrogen) atoms. The van der Waals surface area contributed by atoms with Gasteiger partial charge in [-0.05, 0) is 42.9 Å². The molecule has 1 N–H and O–H groups in total. The Kier molecular flexibility index (Phi) is 4.25. The summed E-state index contributed by atoms with van der Waals surface area (Å²) in [4.78, 5) is 0. The molecule has 1 aliphatic carbocycles. The minimum atomic E-state index is 0.746. The van der Waals surface area contributed by atoms with Crippen molar-refractivity contribution in [1.82, 2.24) is 5.32 Å².